The average Bonchev–Trinajstić information content (AvgIpc) is 3.14. The molecule has 1 rings (SSSR count). The highest BCUT2D eigenvalue weighted by molar-refractivity contribution is 7.80. The molecule has 4 atom stereocenters. The number of nitrogens with one attached hydrogen (secondary N) is 2. The first-order chi connectivity index (χ1) is 14.0. The molecule has 0 aromatic rings. The second kappa shape index (κ2) is 11.7. The number of amides is 3. The molecule has 0 saturated carbocycles. The smallest absolute Gasteiger partial charge is 0.326 e. The van der Waals surface area contributed by atoms with Gasteiger partial charge in [-0.25, -0.2) is 4.79 Å². The van der Waals surface area contributed by atoms with Crippen molar-refractivity contribution in [2.24, 2.45) is 11.7 Å². The van der Waals surface area contributed by atoms with Crippen molar-refractivity contribution < 1.29 is 34.2 Å². The zero-order valence-electron chi connectivity index (χ0n) is 17.0. The summed E-state index contributed by atoms with van der Waals surface area (Å²) in [7, 11) is 0. The van der Waals surface area contributed by atoms with Crippen LogP contribution in [0.1, 0.15) is 39.5 Å². The zero-order chi connectivity index (χ0) is 23.0. The monoisotopic (exact) mass is 446 g/mol. The molecule has 0 aromatic heterocycles. The highest BCUT2D eigenvalue weighted by Gasteiger charge is 2.38. The minimum Gasteiger partial charge on any atom is -0.481 e. The summed E-state index contributed by atoms with van der Waals surface area (Å²) < 4.78 is 0. The first-order valence-electron chi connectivity index (χ1n) is 9.70. The van der Waals surface area contributed by atoms with Crippen molar-refractivity contribution in [3.63, 3.8) is 0 Å². The SMILES string of the molecule is CC(C)CC(NC(=O)C(CC(=O)O)NC(=O)C(N)CS)C(=O)N1CCCC1C(=O)O. The summed E-state index contributed by atoms with van der Waals surface area (Å²) in [5.74, 6) is -4.62. The summed E-state index contributed by atoms with van der Waals surface area (Å²) in [6, 6.07) is -4.50. The second-order valence-electron chi connectivity index (χ2n) is 7.67. The number of carbonyl (C=O) groups is 5. The summed E-state index contributed by atoms with van der Waals surface area (Å²) in [4.78, 5) is 61.5. The van der Waals surface area contributed by atoms with Crippen LogP contribution in [0.4, 0.5) is 0 Å². The van der Waals surface area contributed by atoms with Crippen LogP contribution in [0.5, 0.6) is 0 Å². The zero-order valence-corrected chi connectivity index (χ0v) is 17.9. The van der Waals surface area contributed by atoms with E-state index in [1.165, 1.54) is 4.90 Å². The minimum atomic E-state index is -1.45. The van der Waals surface area contributed by atoms with Crippen molar-refractivity contribution in [2.75, 3.05) is 12.3 Å². The fourth-order valence-corrected chi connectivity index (χ4v) is 3.36. The molecule has 0 aromatic carbocycles. The number of hydrogen-bond acceptors (Lipinski definition) is 7. The number of carboxylic acid groups (broad SMARTS) is 2. The lowest BCUT2D eigenvalue weighted by Crippen LogP contribution is -2.57. The summed E-state index contributed by atoms with van der Waals surface area (Å²) in [6.45, 7) is 3.91. The van der Waals surface area contributed by atoms with E-state index in [-0.39, 0.29) is 24.6 Å². The molecular weight excluding hydrogens is 416 g/mol. The number of thiol groups is 1. The minimum absolute atomic E-state index is 0.00671. The summed E-state index contributed by atoms with van der Waals surface area (Å²) in [6.07, 6.45) is 0.366. The van der Waals surface area contributed by atoms with Gasteiger partial charge in [-0.05, 0) is 25.2 Å². The van der Waals surface area contributed by atoms with Crippen LogP contribution < -0.4 is 16.4 Å². The topological polar surface area (TPSA) is 179 Å². The lowest BCUT2D eigenvalue weighted by molar-refractivity contribution is -0.150. The first kappa shape index (κ1) is 25.7. The van der Waals surface area contributed by atoms with Gasteiger partial charge < -0.3 is 31.5 Å². The van der Waals surface area contributed by atoms with E-state index in [0.717, 1.165) is 0 Å². The summed E-state index contributed by atoms with van der Waals surface area (Å²) in [5.41, 5.74) is 5.55. The molecule has 30 heavy (non-hydrogen) atoms. The molecule has 1 heterocycles. The van der Waals surface area contributed by atoms with Crippen LogP contribution in [0.3, 0.4) is 0 Å². The van der Waals surface area contributed by atoms with E-state index in [0.29, 0.717) is 12.8 Å². The van der Waals surface area contributed by atoms with E-state index in [4.69, 9.17) is 10.8 Å². The Balaban J connectivity index is 3.00. The standard InChI is InChI=1S/C18H30N4O7S/c1-9(2)6-12(17(27)22-5-3-4-13(22)18(28)29)21-16(26)11(7-14(23)24)20-15(25)10(19)8-30/h9-13,30H,3-8,19H2,1-2H3,(H,20,25)(H,21,26)(H,23,24)(H,28,29). The average molecular weight is 447 g/mol. The summed E-state index contributed by atoms with van der Waals surface area (Å²) >= 11 is 3.89. The Morgan fingerprint density at radius 2 is 1.70 bits per heavy atom. The Labute approximate surface area is 180 Å². The first-order valence-corrected chi connectivity index (χ1v) is 10.3. The number of hydrogen-bond donors (Lipinski definition) is 6. The highest BCUT2D eigenvalue weighted by Crippen LogP contribution is 2.20. The molecule has 6 N–H and O–H groups in total. The molecule has 4 unspecified atom stereocenters. The van der Waals surface area contributed by atoms with Gasteiger partial charge in [-0.1, -0.05) is 13.8 Å². The number of carbonyl (C=O) groups excluding carboxylic acids is 3. The third kappa shape index (κ3) is 7.48. The van der Waals surface area contributed by atoms with Crippen molar-refractivity contribution in [2.45, 2.75) is 63.7 Å². The van der Waals surface area contributed by atoms with Crippen LogP contribution in [-0.2, 0) is 24.0 Å². The van der Waals surface area contributed by atoms with Gasteiger partial charge in [0.15, 0.2) is 0 Å². The molecule has 0 aliphatic carbocycles. The largest absolute Gasteiger partial charge is 0.481 e. The van der Waals surface area contributed by atoms with Crippen molar-refractivity contribution in [1.82, 2.24) is 15.5 Å². The van der Waals surface area contributed by atoms with Gasteiger partial charge in [0, 0.05) is 12.3 Å². The van der Waals surface area contributed by atoms with Crippen molar-refractivity contribution in [1.29, 1.82) is 0 Å². The van der Waals surface area contributed by atoms with Crippen molar-refractivity contribution >= 4 is 42.3 Å². The Bertz CT molecular complexity index is 673. The number of likely N-dealkylation sites (tertiary alicyclic amines) is 1. The van der Waals surface area contributed by atoms with Crippen LogP contribution in [0.25, 0.3) is 0 Å². The Morgan fingerprint density at radius 3 is 2.20 bits per heavy atom. The van der Waals surface area contributed by atoms with Gasteiger partial charge in [0.1, 0.15) is 18.1 Å². The molecule has 0 spiro atoms. The third-order valence-corrected chi connectivity index (χ3v) is 5.08. The molecule has 1 aliphatic heterocycles. The highest BCUT2D eigenvalue weighted by atomic mass is 32.1. The molecular formula is C18H30N4O7S. The van der Waals surface area contributed by atoms with Gasteiger partial charge in [-0.3, -0.25) is 19.2 Å². The Hall–Kier alpha value is -2.34. The molecule has 3 amide bonds. The molecule has 1 aliphatic rings. The summed E-state index contributed by atoms with van der Waals surface area (Å²) in [5, 5.41) is 23.2. The maximum atomic E-state index is 13.0. The number of nitrogens with two attached hydrogens (primary N) is 1. The van der Waals surface area contributed by atoms with Crippen LogP contribution in [-0.4, -0.2) is 81.2 Å². The quantitative estimate of drug-likeness (QED) is 0.214. The third-order valence-electron chi connectivity index (χ3n) is 4.69. The van der Waals surface area contributed by atoms with E-state index in [1.54, 1.807) is 0 Å². The van der Waals surface area contributed by atoms with Crippen LogP contribution >= 0.6 is 12.6 Å². The number of aliphatic carboxylic acids is 2. The maximum Gasteiger partial charge on any atom is 0.326 e. The Kier molecular flexibility index (Phi) is 10.1. The molecule has 1 saturated heterocycles. The van der Waals surface area contributed by atoms with Crippen LogP contribution in [0, 0.1) is 5.92 Å². The van der Waals surface area contributed by atoms with Gasteiger partial charge in [-0.15, -0.1) is 0 Å². The van der Waals surface area contributed by atoms with Crippen molar-refractivity contribution in [3.8, 4) is 0 Å². The molecule has 1 fully saturated rings. The normalized spacial score (nSPS) is 19.1. The van der Waals surface area contributed by atoms with Crippen molar-refractivity contribution in [3.05, 3.63) is 0 Å². The van der Waals surface area contributed by atoms with E-state index < -0.39 is 60.2 Å². The van der Waals surface area contributed by atoms with Gasteiger partial charge in [0.25, 0.3) is 0 Å². The predicted molar refractivity (Wildman–Crippen MR) is 110 cm³/mol. The van der Waals surface area contributed by atoms with Gasteiger partial charge in [-0.2, -0.15) is 12.6 Å². The van der Waals surface area contributed by atoms with Gasteiger partial charge in [0.2, 0.25) is 17.7 Å². The predicted octanol–water partition coefficient (Wildman–Crippen LogP) is -1.19. The van der Waals surface area contributed by atoms with E-state index in [2.05, 4.69) is 23.3 Å². The fourth-order valence-electron chi connectivity index (χ4n) is 3.20. The van der Waals surface area contributed by atoms with Crippen LogP contribution in [0.15, 0.2) is 0 Å². The molecule has 0 bridgehead atoms. The number of nitrogens with zero attached hydrogens (tertiary/aromatic N) is 1. The molecule has 170 valence electrons. The number of carboxylic acids is 2. The van der Waals surface area contributed by atoms with Gasteiger partial charge in [0.05, 0.1) is 12.5 Å². The molecule has 12 heteroatoms. The fraction of sp³-hybridized carbons (Fsp3) is 0.722. The maximum absolute atomic E-state index is 13.0. The van der Waals surface area contributed by atoms with Crippen LogP contribution in [0.2, 0.25) is 0 Å². The van der Waals surface area contributed by atoms with E-state index >= 15 is 0 Å². The molecule has 0 radical (unpaired) electrons. The Morgan fingerprint density at radius 1 is 1.10 bits per heavy atom. The lowest BCUT2D eigenvalue weighted by Gasteiger charge is -2.29. The number of rotatable bonds is 11. The lowest BCUT2D eigenvalue weighted by atomic mass is 10.0. The van der Waals surface area contributed by atoms with E-state index in [1.807, 2.05) is 13.8 Å². The van der Waals surface area contributed by atoms with Gasteiger partial charge >= 0.3 is 11.9 Å². The van der Waals surface area contributed by atoms with E-state index in [9.17, 15) is 29.1 Å². The second-order valence-corrected chi connectivity index (χ2v) is 8.03. The molecule has 11 nitrogen and oxygen atoms in total.